The number of halogens is 1. The van der Waals surface area contributed by atoms with Crippen molar-refractivity contribution in [2.75, 3.05) is 6.54 Å². The second-order valence-corrected chi connectivity index (χ2v) is 3.83. The third kappa shape index (κ3) is 2.59. The first kappa shape index (κ1) is 11.5. The van der Waals surface area contributed by atoms with Gasteiger partial charge in [-0.15, -0.1) is 0 Å². The highest BCUT2D eigenvalue weighted by atomic mass is 19.1. The largest absolute Gasteiger partial charge is 0.480 e. The number of carboxylic acid groups (broad SMARTS) is 1. The highest BCUT2D eigenvalue weighted by molar-refractivity contribution is 5.79. The maximum Gasteiger partial charge on any atom is 0.319 e. The Morgan fingerprint density at radius 3 is 3.00 bits per heavy atom. The zero-order chi connectivity index (χ0) is 12.4. The molecule has 1 saturated heterocycles. The van der Waals surface area contributed by atoms with Crippen molar-refractivity contribution < 1.29 is 19.1 Å². The number of rotatable bonds is 3. The van der Waals surface area contributed by atoms with E-state index in [9.17, 15) is 14.0 Å². The predicted octanol–water partition coefficient (Wildman–Crippen LogP) is 0.688. The molecule has 17 heavy (non-hydrogen) atoms. The molecule has 0 spiro atoms. The van der Waals surface area contributed by atoms with Crippen LogP contribution in [0.25, 0.3) is 0 Å². The second-order valence-electron chi connectivity index (χ2n) is 3.83. The predicted molar refractivity (Wildman–Crippen MR) is 56.2 cm³/mol. The minimum Gasteiger partial charge on any atom is -0.480 e. The Kier molecular flexibility index (Phi) is 3.06. The molecule has 1 aromatic carbocycles. The standard InChI is InChI=1S/C11H11FN2O3/c12-8-3-1-2-7(4-8)9-5-10(15)13-14(9)6-11(16)17/h1-4,9H,5-6H2,(H,13,15)(H,16,17). The Bertz CT molecular complexity index is 464. The van der Waals surface area contributed by atoms with E-state index in [1.165, 1.54) is 23.2 Å². The highest BCUT2D eigenvalue weighted by Crippen LogP contribution is 2.27. The summed E-state index contributed by atoms with van der Waals surface area (Å²) in [6.45, 7) is -0.313. The molecule has 2 N–H and O–H groups in total. The maximum atomic E-state index is 13.1. The first-order valence-electron chi connectivity index (χ1n) is 5.09. The lowest BCUT2D eigenvalue weighted by Crippen LogP contribution is -2.38. The third-order valence-electron chi connectivity index (χ3n) is 2.56. The minimum atomic E-state index is -1.05. The van der Waals surface area contributed by atoms with Crippen LogP contribution in [0.4, 0.5) is 4.39 Å². The van der Waals surface area contributed by atoms with Gasteiger partial charge in [-0.1, -0.05) is 12.1 Å². The van der Waals surface area contributed by atoms with E-state index in [1.807, 2.05) is 0 Å². The van der Waals surface area contributed by atoms with Crippen LogP contribution in [0, 0.1) is 5.82 Å². The number of nitrogens with one attached hydrogen (secondary N) is 1. The number of amides is 1. The Balaban J connectivity index is 2.23. The third-order valence-corrected chi connectivity index (χ3v) is 2.56. The number of benzene rings is 1. The first-order chi connectivity index (χ1) is 8.06. The number of hydrogen-bond donors (Lipinski definition) is 2. The molecule has 1 aromatic rings. The first-order valence-corrected chi connectivity index (χ1v) is 5.09. The molecule has 1 aliphatic heterocycles. The van der Waals surface area contributed by atoms with Crippen molar-refractivity contribution in [3.05, 3.63) is 35.6 Å². The molecule has 6 heteroatoms. The van der Waals surface area contributed by atoms with Crippen molar-refractivity contribution in [2.24, 2.45) is 0 Å². The lowest BCUT2D eigenvalue weighted by Gasteiger charge is -2.21. The van der Waals surface area contributed by atoms with Gasteiger partial charge in [-0.3, -0.25) is 15.0 Å². The van der Waals surface area contributed by atoms with Gasteiger partial charge in [0, 0.05) is 6.42 Å². The molecule has 1 fully saturated rings. The summed E-state index contributed by atoms with van der Waals surface area (Å²) in [6, 6.07) is 5.37. The van der Waals surface area contributed by atoms with Crippen LogP contribution in [0.5, 0.6) is 0 Å². The molecule has 90 valence electrons. The Hall–Kier alpha value is -1.95. The maximum absolute atomic E-state index is 13.1. The summed E-state index contributed by atoms with van der Waals surface area (Å²) in [7, 11) is 0. The number of carbonyl (C=O) groups excluding carboxylic acids is 1. The fraction of sp³-hybridized carbons (Fsp3) is 0.273. The number of hydrogen-bond acceptors (Lipinski definition) is 3. The zero-order valence-corrected chi connectivity index (χ0v) is 8.89. The lowest BCUT2D eigenvalue weighted by molar-refractivity contribution is -0.139. The summed E-state index contributed by atoms with van der Waals surface area (Å²) in [4.78, 5) is 21.9. The number of carbonyl (C=O) groups is 2. The van der Waals surface area contributed by atoms with Crippen LogP contribution in [-0.2, 0) is 9.59 Å². The second kappa shape index (κ2) is 4.50. The van der Waals surface area contributed by atoms with E-state index in [4.69, 9.17) is 5.11 Å². The summed E-state index contributed by atoms with van der Waals surface area (Å²) in [5.41, 5.74) is 3.03. The van der Waals surface area contributed by atoms with E-state index < -0.39 is 17.8 Å². The van der Waals surface area contributed by atoms with Gasteiger partial charge in [0.2, 0.25) is 5.91 Å². The minimum absolute atomic E-state index is 0.136. The number of carboxylic acids is 1. The van der Waals surface area contributed by atoms with Crippen molar-refractivity contribution in [3.8, 4) is 0 Å². The molecule has 1 atom stereocenters. The van der Waals surface area contributed by atoms with Crippen LogP contribution in [0.3, 0.4) is 0 Å². The lowest BCUT2D eigenvalue weighted by atomic mass is 10.0. The molecule has 0 aromatic heterocycles. The van der Waals surface area contributed by atoms with Crippen molar-refractivity contribution in [2.45, 2.75) is 12.5 Å². The van der Waals surface area contributed by atoms with Gasteiger partial charge in [-0.25, -0.2) is 9.40 Å². The molecule has 1 amide bonds. The van der Waals surface area contributed by atoms with E-state index in [2.05, 4.69) is 5.43 Å². The van der Waals surface area contributed by atoms with E-state index in [1.54, 1.807) is 6.07 Å². The van der Waals surface area contributed by atoms with Crippen molar-refractivity contribution >= 4 is 11.9 Å². The van der Waals surface area contributed by atoms with E-state index in [0.29, 0.717) is 5.56 Å². The molecule has 0 radical (unpaired) electrons. The molecule has 0 saturated carbocycles. The van der Waals surface area contributed by atoms with Gasteiger partial charge >= 0.3 is 5.97 Å². The monoisotopic (exact) mass is 238 g/mol. The fourth-order valence-corrected chi connectivity index (χ4v) is 1.88. The van der Waals surface area contributed by atoms with Crippen molar-refractivity contribution in [1.82, 2.24) is 10.4 Å². The summed E-state index contributed by atoms with van der Waals surface area (Å²) in [6.07, 6.45) is 0.136. The molecule has 1 aliphatic rings. The molecule has 1 unspecified atom stereocenters. The normalized spacial score (nSPS) is 20.3. The van der Waals surface area contributed by atoms with Crippen LogP contribution in [0.2, 0.25) is 0 Å². The quantitative estimate of drug-likeness (QED) is 0.812. The molecular formula is C11H11FN2O3. The summed E-state index contributed by atoms with van der Waals surface area (Å²) in [5, 5.41) is 10.0. The van der Waals surface area contributed by atoms with Gasteiger partial charge in [-0.05, 0) is 17.7 Å². The molecule has 2 rings (SSSR count). The molecule has 5 nitrogen and oxygen atoms in total. The number of nitrogens with zero attached hydrogens (tertiary/aromatic N) is 1. The Labute approximate surface area is 96.8 Å². The zero-order valence-electron chi connectivity index (χ0n) is 8.89. The number of aliphatic carboxylic acids is 1. The van der Waals surface area contributed by atoms with E-state index >= 15 is 0 Å². The molecular weight excluding hydrogens is 227 g/mol. The van der Waals surface area contributed by atoms with Crippen molar-refractivity contribution in [1.29, 1.82) is 0 Å². The molecule has 1 heterocycles. The van der Waals surface area contributed by atoms with Crippen LogP contribution in [0.15, 0.2) is 24.3 Å². The SMILES string of the molecule is O=C(O)CN1NC(=O)CC1c1cccc(F)c1. The topological polar surface area (TPSA) is 69.6 Å². The van der Waals surface area contributed by atoms with Gasteiger partial charge in [-0.2, -0.15) is 0 Å². The van der Waals surface area contributed by atoms with Crippen LogP contribution < -0.4 is 5.43 Å². The Morgan fingerprint density at radius 2 is 2.35 bits per heavy atom. The smallest absolute Gasteiger partial charge is 0.319 e. The van der Waals surface area contributed by atoms with Gasteiger partial charge < -0.3 is 5.11 Å². The van der Waals surface area contributed by atoms with Gasteiger partial charge in [0.15, 0.2) is 0 Å². The molecule has 0 bridgehead atoms. The summed E-state index contributed by atoms with van der Waals surface area (Å²) >= 11 is 0. The summed E-state index contributed by atoms with van der Waals surface area (Å²) < 4.78 is 13.1. The fourth-order valence-electron chi connectivity index (χ4n) is 1.88. The van der Waals surface area contributed by atoms with Crippen LogP contribution >= 0.6 is 0 Å². The Morgan fingerprint density at radius 1 is 1.59 bits per heavy atom. The summed E-state index contributed by atoms with van der Waals surface area (Å²) in [5.74, 6) is -1.72. The highest BCUT2D eigenvalue weighted by Gasteiger charge is 2.32. The van der Waals surface area contributed by atoms with Gasteiger partial charge in [0.05, 0.1) is 6.04 Å². The van der Waals surface area contributed by atoms with E-state index in [-0.39, 0.29) is 18.9 Å². The average Bonchev–Trinajstić information content (AvgIpc) is 2.58. The van der Waals surface area contributed by atoms with E-state index in [0.717, 1.165) is 0 Å². The van der Waals surface area contributed by atoms with Gasteiger partial charge in [0.1, 0.15) is 12.4 Å². The number of hydrazine groups is 1. The van der Waals surface area contributed by atoms with Crippen molar-refractivity contribution in [3.63, 3.8) is 0 Å². The van der Waals surface area contributed by atoms with Gasteiger partial charge in [0.25, 0.3) is 0 Å². The molecule has 0 aliphatic carbocycles. The average molecular weight is 238 g/mol. The van der Waals surface area contributed by atoms with Crippen LogP contribution in [0.1, 0.15) is 18.0 Å². The van der Waals surface area contributed by atoms with Crippen LogP contribution in [-0.4, -0.2) is 28.5 Å².